The monoisotopic (exact) mass is 329 g/mol. The number of carboxylic acids is 1. The summed E-state index contributed by atoms with van der Waals surface area (Å²) in [6.45, 7) is 8.99. The first kappa shape index (κ1) is 19.9. The zero-order valence-corrected chi connectivity index (χ0v) is 14.6. The molecule has 1 saturated heterocycles. The van der Waals surface area contributed by atoms with Gasteiger partial charge in [0, 0.05) is 45.4 Å². The lowest BCUT2D eigenvalue weighted by Gasteiger charge is -2.32. The number of rotatable bonds is 10. The van der Waals surface area contributed by atoms with Crippen molar-refractivity contribution in [2.45, 2.75) is 40.0 Å². The molecule has 0 spiro atoms. The van der Waals surface area contributed by atoms with Gasteiger partial charge in [-0.2, -0.15) is 0 Å². The van der Waals surface area contributed by atoms with Crippen LogP contribution in [0.25, 0.3) is 0 Å². The lowest BCUT2D eigenvalue weighted by atomic mass is 9.86. The second-order valence-corrected chi connectivity index (χ2v) is 6.31. The molecule has 1 heterocycles. The third-order valence-electron chi connectivity index (χ3n) is 4.51. The first-order valence-electron chi connectivity index (χ1n) is 8.64. The normalized spacial score (nSPS) is 18.4. The van der Waals surface area contributed by atoms with Gasteiger partial charge in [-0.15, -0.1) is 0 Å². The molecule has 2 unspecified atom stereocenters. The summed E-state index contributed by atoms with van der Waals surface area (Å²) in [4.78, 5) is 25.6. The van der Waals surface area contributed by atoms with E-state index in [2.05, 4.69) is 0 Å². The number of ether oxygens (including phenoxy) is 2. The number of carboxylic acid groups (broad SMARTS) is 1. The fourth-order valence-corrected chi connectivity index (χ4v) is 2.91. The van der Waals surface area contributed by atoms with E-state index in [4.69, 9.17) is 14.6 Å². The van der Waals surface area contributed by atoms with Crippen LogP contribution in [0.4, 0.5) is 0 Å². The molecule has 2 atom stereocenters. The Bertz CT molecular complexity index is 368. The zero-order chi connectivity index (χ0) is 17.2. The number of aliphatic carboxylic acids is 1. The zero-order valence-electron chi connectivity index (χ0n) is 14.6. The van der Waals surface area contributed by atoms with Crippen LogP contribution >= 0.6 is 0 Å². The van der Waals surface area contributed by atoms with Gasteiger partial charge in [-0.1, -0.05) is 13.8 Å². The van der Waals surface area contributed by atoms with E-state index in [-0.39, 0.29) is 18.4 Å². The SMILES string of the molecule is CCOCCCN(CC(C)C(=O)O)C(=O)C(C)C1CCOCC1. The fourth-order valence-electron chi connectivity index (χ4n) is 2.91. The van der Waals surface area contributed by atoms with Crippen LogP contribution in [0.15, 0.2) is 0 Å². The van der Waals surface area contributed by atoms with Crippen molar-refractivity contribution in [3.8, 4) is 0 Å². The molecule has 0 bridgehead atoms. The molecule has 0 saturated carbocycles. The molecular formula is C17H31NO5. The van der Waals surface area contributed by atoms with E-state index in [1.165, 1.54) is 0 Å². The Labute approximate surface area is 139 Å². The van der Waals surface area contributed by atoms with Crippen LogP contribution in [0.1, 0.15) is 40.0 Å². The lowest BCUT2D eigenvalue weighted by Crippen LogP contribution is -2.43. The predicted octanol–water partition coefficient (Wildman–Crippen LogP) is 2.02. The van der Waals surface area contributed by atoms with Gasteiger partial charge in [0.1, 0.15) is 0 Å². The molecule has 6 heteroatoms. The summed E-state index contributed by atoms with van der Waals surface area (Å²) < 4.78 is 10.7. The molecule has 0 aromatic rings. The number of hydrogen-bond acceptors (Lipinski definition) is 4. The number of carbonyl (C=O) groups is 2. The van der Waals surface area contributed by atoms with Crippen molar-refractivity contribution < 1.29 is 24.2 Å². The Kier molecular flexibility index (Phi) is 9.17. The minimum absolute atomic E-state index is 0.0569. The Morgan fingerprint density at radius 2 is 1.96 bits per heavy atom. The highest BCUT2D eigenvalue weighted by Crippen LogP contribution is 2.25. The van der Waals surface area contributed by atoms with E-state index < -0.39 is 11.9 Å². The van der Waals surface area contributed by atoms with Crippen molar-refractivity contribution in [1.82, 2.24) is 4.90 Å². The lowest BCUT2D eigenvalue weighted by molar-refractivity contribution is -0.144. The van der Waals surface area contributed by atoms with Crippen molar-refractivity contribution in [1.29, 1.82) is 0 Å². The van der Waals surface area contributed by atoms with Crippen molar-refractivity contribution in [2.75, 3.05) is 39.5 Å². The predicted molar refractivity (Wildman–Crippen MR) is 87.2 cm³/mol. The molecule has 1 N–H and O–H groups in total. The summed E-state index contributed by atoms with van der Waals surface area (Å²) in [6.07, 6.45) is 2.52. The average molecular weight is 329 g/mol. The highest BCUT2D eigenvalue weighted by molar-refractivity contribution is 5.79. The molecule has 1 amide bonds. The standard InChI is InChI=1S/C17H31NO5/c1-4-22-9-5-8-18(12-13(2)17(20)21)16(19)14(3)15-6-10-23-11-7-15/h13-15H,4-12H2,1-3H3,(H,20,21). The van der Waals surface area contributed by atoms with Gasteiger partial charge in [0.15, 0.2) is 0 Å². The van der Waals surface area contributed by atoms with Crippen LogP contribution in [0.5, 0.6) is 0 Å². The molecule has 6 nitrogen and oxygen atoms in total. The van der Waals surface area contributed by atoms with E-state index in [1.807, 2.05) is 13.8 Å². The Morgan fingerprint density at radius 1 is 1.30 bits per heavy atom. The van der Waals surface area contributed by atoms with Crippen LogP contribution < -0.4 is 0 Å². The molecule has 0 aromatic heterocycles. The third kappa shape index (κ3) is 6.87. The first-order chi connectivity index (χ1) is 11.0. The van der Waals surface area contributed by atoms with Crippen LogP contribution in [0.2, 0.25) is 0 Å². The number of amides is 1. The Morgan fingerprint density at radius 3 is 2.52 bits per heavy atom. The molecule has 23 heavy (non-hydrogen) atoms. The van der Waals surface area contributed by atoms with Gasteiger partial charge in [-0.25, -0.2) is 0 Å². The minimum atomic E-state index is -0.869. The summed E-state index contributed by atoms with van der Waals surface area (Å²) in [6, 6.07) is 0. The Hall–Kier alpha value is -1.14. The molecule has 0 aliphatic carbocycles. The van der Waals surface area contributed by atoms with Gasteiger partial charge >= 0.3 is 5.97 Å². The third-order valence-corrected chi connectivity index (χ3v) is 4.51. The van der Waals surface area contributed by atoms with Crippen molar-refractivity contribution >= 4 is 11.9 Å². The van der Waals surface area contributed by atoms with E-state index in [1.54, 1.807) is 11.8 Å². The van der Waals surface area contributed by atoms with Gasteiger partial charge in [-0.05, 0) is 32.1 Å². The van der Waals surface area contributed by atoms with Crippen molar-refractivity contribution in [3.63, 3.8) is 0 Å². The van der Waals surface area contributed by atoms with Crippen LogP contribution in [-0.2, 0) is 19.1 Å². The maximum Gasteiger partial charge on any atom is 0.308 e. The van der Waals surface area contributed by atoms with Crippen LogP contribution in [0.3, 0.4) is 0 Å². The molecule has 1 fully saturated rings. The van der Waals surface area contributed by atoms with E-state index >= 15 is 0 Å². The smallest absolute Gasteiger partial charge is 0.308 e. The van der Waals surface area contributed by atoms with Crippen molar-refractivity contribution in [2.24, 2.45) is 17.8 Å². The fraction of sp³-hybridized carbons (Fsp3) is 0.882. The molecule has 1 aliphatic rings. The summed E-state index contributed by atoms with van der Waals surface area (Å²) in [5.41, 5.74) is 0. The van der Waals surface area contributed by atoms with Gasteiger partial charge < -0.3 is 19.5 Å². The average Bonchev–Trinajstić information content (AvgIpc) is 2.56. The first-order valence-corrected chi connectivity index (χ1v) is 8.64. The van der Waals surface area contributed by atoms with Gasteiger partial charge in [0.05, 0.1) is 5.92 Å². The van der Waals surface area contributed by atoms with Gasteiger partial charge in [-0.3, -0.25) is 9.59 Å². The largest absolute Gasteiger partial charge is 0.481 e. The summed E-state index contributed by atoms with van der Waals surface area (Å²) >= 11 is 0. The van der Waals surface area contributed by atoms with E-state index in [9.17, 15) is 9.59 Å². The van der Waals surface area contributed by atoms with E-state index in [0.717, 1.165) is 19.3 Å². The van der Waals surface area contributed by atoms with Gasteiger partial charge in [0.2, 0.25) is 5.91 Å². The number of hydrogen-bond donors (Lipinski definition) is 1. The van der Waals surface area contributed by atoms with E-state index in [0.29, 0.717) is 38.9 Å². The Balaban J connectivity index is 2.63. The number of carbonyl (C=O) groups excluding carboxylic acids is 1. The van der Waals surface area contributed by atoms with Crippen molar-refractivity contribution in [3.05, 3.63) is 0 Å². The summed E-state index contributed by atoms with van der Waals surface area (Å²) in [5, 5.41) is 9.13. The maximum absolute atomic E-state index is 12.8. The second-order valence-electron chi connectivity index (χ2n) is 6.31. The number of nitrogens with zero attached hydrogens (tertiary/aromatic N) is 1. The molecule has 0 radical (unpaired) electrons. The van der Waals surface area contributed by atoms with Crippen LogP contribution in [-0.4, -0.2) is 61.4 Å². The molecule has 0 aromatic carbocycles. The topological polar surface area (TPSA) is 76.1 Å². The van der Waals surface area contributed by atoms with Crippen LogP contribution in [0, 0.1) is 17.8 Å². The highest BCUT2D eigenvalue weighted by atomic mass is 16.5. The minimum Gasteiger partial charge on any atom is -0.481 e. The summed E-state index contributed by atoms with van der Waals surface area (Å²) in [5.74, 6) is -1.14. The quantitative estimate of drug-likeness (QED) is 0.621. The van der Waals surface area contributed by atoms with Gasteiger partial charge in [0.25, 0.3) is 0 Å². The molecule has 134 valence electrons. The molecule has 1 aliphatic heterocycles. The summed E-state index contributed by atoms with van der Waals surface area (Å²) in [7, 11) is 0. The molecule has 1 rings (SSSR count). The maximum atomic E-state index is 12.8. The second kappa shape index (κ2) is 10.6. The highest BCUT2D eigenvalue weighted by Gasteiger charge is 2.30. The molecular weight excluding hydrogens is 298 g/mol.